The highest BCUT2D eigenvalue weighted by Gasteiger charge is 2.35. The standard InChI is InChI=1S/C13H20N2O3/c1-9-8-14-11(17-9)10-6-5-7-15(10)12(16)18-13(2,3)4/h8,10H,5-7H2,1-4H3/t10-/m1/s1. The molecular formula is C13H20N2O3. The first-order valence-corrected chi connectivity index (χ1v) is 6.29. The van der Waals surface area contributed by atoms with Crippen molar-refractivity contribution in [3.05, 3.63) is 17.8 Å². The summed E-state index contributed by atoms with van der Waals surface area (Å²) >= 11 is 0. The van der Waals surface area contributed by atoms with Gasteiger partial charge in [-0.05, 0) is 40.5 Å². The van der Waals surface area contributed by atoms with E-state index in [0.29, 0.717) is 12.4 Å². The van der Waals surface area contributed by atoms with Crippen LogP contribution in [0, 0.1) is 6.92 Å². The smallest absolute Gasteiger partial charge is 0.410 e. The van der Waals surface area contributed by atoms with Crippen LogP contribution in [0.5, 0.6) is 0 Å². The molecule has 100 valence electrons. The molecule has 0 bridgehead atoms. The first-order chi connectivity index (χ1) is 8.37. The van der Waals surface area contributed by atoms with Crippen LogP contribution in [0.15, 0.2) is 10.6 Å². The summed E-state index contributed by atoms with van der Waals surface area (Å²) in [6.07, 6.45) is 3.21. The Labute approximate surface area is 107 Å². The van der Waals surface area contributed by atoms with Gasteiger partial charge < -0.3 is 9.15 Å². The molecule has 5 heteroatoms. The lowest BCUT2D eigenvalue weighted by atomic mass is 10.2. The van der Waals surface area contributed by atoms with E-state index < -0.39 is 5.60 Å². The van der Waals surface area contributed by atoms with E-state index in [1.807, 2.05) is 27.7 Å². The zero-order valence-corrected chi connectivity index (χ0v) is 11.4. The molecule has 1 aliphatic heterocycles. The van der Waals surface area contributed by atoms with Crippen molar-refractivity contribution in [2.45, 2.75) is 52.2 Å². The van der Waals surface area contributed by atoms with Crippen molar-refractivity contribution in [3.63, 3.8) is 0 Å². The van der Waals surface area contributed by atoms with Crippen LogP contribution >= 0.6 is 0 Å². The number of ether oxygens (including phenoxy) is 1. The van der Waals surface area contributed by atoms with E-state index in [9.17, 15) is 4.79 Å². The molecule has 5 nitrogen and oxygen atoms in total. The van der Waals surface area contributed by atoms with Crippen LogP contribution in [-0.4, -0.2) is 28.1 Å². The minimum Gasteiger partial charge on any atom is -0.444 e. The number of aromatic nitrogens is 1. The predicted octanol–water partition coefficient (Wildman–Crippen LogP) is 3.06. The summed E-state index contributed by atoms with van der Waals surface area (Å²) in [5.74, 6) is 1.37. The molecule has 1 aromatic heterocycles. The minimum atomic E-state index is -0.475. The van der Waals surface area contributed by atoms with Crippen LogP contribution in [0.2, 0.25) is 0 Å². The number of carbonyl (C=O) groups excluding carboxylic acids is 1. The Hall–Kier alpha value is -1.52. The number of hydrogen-bond acceptors (Lipinski definition) is 4. The lowest BCUT2D eigenvalue weighted by molar-refractivity contribution is 0.0203. The molecule has 1 aliphatic rings. The number of rotatable bonds is 1. The van der Waals surface area contributed by atoms with Gasteiger partial charge in [0.15, 0.2) is 0 Å². The fourth-order valence-corrected chi connectivity index (χ4v) is 2.09. The van der Waals surface area contributed by atoms with Gasteiger partial charge in [0.1, 0.15) is 17.4 Å². The van der Waals surface area contributed by atoms with E-state index in [1.54, 1.807) is 11.1 Å². The molecule has 0 saturated carbocycles. The van der Waals surface area contributed by atoms with Crippen molar-refractivity contribution in [2.24, 2.45) is 0 Å². The highest BCUT2D eigenvalue weighted by molar-refractivity contribution is 5.69. The van der Waals surface area contributed by atoms with Crippen LogP contribution in [-0.2, 0) is 4.74 Å². The molecule has 0 unspecified atom stereocenters. The number of oxazole rings is 1. The second-order valence-electron chi connectivity index (χ2n) is 5.64. The van der Waals surface area contributed by atoms with Gasteiger partial charge in [-0.25, -0.2) is 9.78 Å². The molecule has 1 fully saturated rings. The van der Waals surface area contributed by atoms with Gasteiger partial charge in [0.25, 0.3) is 0 Å². The Morgan fingerprint density at radius 3 is 2.83 bits per heavy atom. The van der Waals surface area contributed by atoms with E-state index in [-0.39, 0.29) is 12.1 Å². The van der Waals surface area contributed by atoms with Crippen molar-refractivity contribution >= 4 is 6.09 Å². The molecule has 18 heavy (non-hydrogen) atoms. The van der Waals surface area contributed by atoms with E-state index in [2.05, 4.69) is 4.98 Å². The molecule has 0 aromatic carbocycles. The Morgan fingerprint density at radius 2 is 2.28 bits per heavy atom. The van der Waals surface area contributed by atoms with Gasteiger partial charge >= 0.3 is 6.09 Å². The van der Waals surface area contributed by atoms with E-state index in [4.69, 9.17) is 9.15 Å². The van der Waals surface area contributed by atoms with E-state index in [1.165, 1.54) is 0 Å². The normalized spacial score (nSPS) is 20.2. The van der Waals surface area contributed by atoms with E-state index in [0.717, 1.165) is 18.6 Å². The van der Waals surface area contributed by atoms with Gasteiger partial charge in [0, 0.05) is 6.54 Å². The molecule has 2 heterocycles. The Morgan fingerprint density at radius 1 is 1.56 bits per heavy atom. The minimum absolute atomic E-state index is 0.0893. The average molecular weight is 252 g/mol. The summed E-state index contributed by atoms with van der Waals surface area (Å²) in [5.41, 5.74) is -0.475. The monoisotopic (exact) mass is 252 g/mol. The molecule has 0 N–H and O–H groups in total. The van der Waals surface area contributed by atoms with Gasteiger partial charge in [-0.15, -0.1) is 0 Å². The van der Waals surface area contributed by atoms with Crippen LogP contribution in [0.25, 0.3) is 0 Å². The van der Waals surface area contributed by atoms with Crippen LogP contribution in [0.1, 0.15) is 51.3 Å². The third kappa shape index (κ3) is 2.83. The van der Waals surface area contributed by atoms with Crippen LogP contribution < -0.4 is 0 Å². The molecule has 1 atom stereocenters. The first-order valence-electron chi connectivity index (χ1n) is 6.29. The summed E-state index contributed by atoms with van der Waals surface area (Å²) in [6.45, 7) is 8.14. The average Bonchev–Trinajstić information content (AvgIpc) is 2.81. The molecule has 0 aliphatic carbocycles. The maximum absolute atomic E-state index is 12.1. The number of carbonyl (C=O) groups is 1. The fourth-order valence-electron chi connectivity index (χ4n) is 2.09. The second kappa shape index (κ2) is 4.63. The van der Waals surface area contributed by atoms with Crippen molar-refractivity contribution < 1.29 is 13.9 Å². The zero-order valence-electron chi connectivity index (χ0n) is 11.4. The van der Waals surface area contributed by atoms with Gasteiger partial charge in [-0.2, -0.15) is 0 Å². The molecule has 0 spiro atoms. The number of nitrogens with zero attached hydrogens (tertiary/aromatic N) is 2. The van der Waals surface area contributed by atoms with Crippen molar-refractivity contribution in [1.29, 1.82) is 0 Å². The SMILES string of the molecule is Cc1cnc([C@H]2CCCN2C(=O)OC(C)(C)C)o1. The summed E-state index contributed by atoms with van der Waals surface area (Å²) in [4.78, 5) is 18.0. The summed E-state index contributed by atoms with van der Waals surface area (Å²) in [6, 6.07) is -0.0893. The highest BCUT2D eigenvalue weighted by atomic mass is 16.6. The topological polar surface area (TPSA) is 55.6 Å². The van der Waals surface area contributed by atoms with Gasteiger partial charge in [-0.1, -0.05) is 0 Å². The maximum atomic E-state index is 12.1. The number of aryl methyl sites for hydroxylation is 1. The second-order valence-corrected chi connectivity index (χ2v) is 5.64. The Kier molecular flexibility index (Phi) is 3.32. The molecule has 2 rings (SSSR count). The molecule has 1 saturated heterocycles. The van der Waals surface area contributed by atoms with Gasteiger partial charge in [0.2, 0.25) is 5.89 Å². The predicted molar refractivity (Wildman–Crippen MR) is 66.2 cm³/mol. The quantitative estimate of drug-likeness (QED) is 0.770. The van der Waals surface area contributed by atoms with E-state index >= 15 is 0 Å². The Bertz CT molecular complexity index is 434. The van der Waals surface area contributed by atoms with Gasteiger partial charge in [0.05, 0.1) is 6.20 Å². The van der Waals surface area contributed by atoms with Crippen LogP contribution in [0.4, 0.5) is 4.79 Å². The molecule has 1 amide bonds. The third-order valence-corrected chi connectivity index (χ3v) is 2.81. The summed E-state index contributed by atoms with van der Waals surface area (Å²) in [5, 5.41) is 0. The fraction of sp³-hybridized carbons (Fsp3) is 0.692. The maximum Gasteiger partial charge on any atom is 0.410 e. The third-order valence-electron chi connectivity index (χ3n) is 2.81. The number of amides is 1. The summed E-state index contributed by atoms with van der Waals surface area (Å²) < 4.78 is 10.9. The number of hydrogen-bond donors (Lipinski definition) is 0. The lowest BCUT2D eigenvalue weighted by Crippen LogP contribution is -2.36. The lowest BCUT2D eigenvalue weighted by Gasteiger charge is -2.27. The van der Waals surface area contributed by atoms with Crippen molar-refractivity contribution in [1.82, 2.24) is 9.88 Å². The first kappa shape index (κ1) is 12.9. The van der Waals surface area contributed by atoms with Crippen LogP contribution in [0.3, 0.4) is 0 Å². The largest absolute Gasteiger partial charge is 0.444 e. The van der Waals surface area contributed by atoms with Crippen molar-refractivity contribution in [3.8, 4) is 0 Å². The zero-order chi connectivity index (χ0) is 13.3. The van der Waals surface area contributed by atoms with Crippen molar-refractivity contribution in [2.75, 3.05) is 6.54 Å². The molecular weight excluding hydrogens is 232 g/mol. The Balaban J connectivity index is 2.10. The summed E-state index contributed by atoms with van der Waals surface area (Å²) in [7, 11) is 0. The van der Waals surface area contributed by atoms with Gasteiger partial charge in [-0.3, -0.25) is 4.90 Å². The highest BCUT2D eigenvalue weighted by Crippen LogP contribution is 2.32. The molecule has 1 aromatic rings. The number of likely N-dealkylation sites (tertiary alicyclic amines) is 1. The molecule has 0 radical (unpaired) electrons.